The van der Waals surface area contributed by atoms with Crippen LogP contribution in [-0.4, -0.2) is 20.6 Å². The zero-order valence-electron chi connectivity index (χ0n) is 15.5. The van der Waals surface area contributed by atoms with Gasteiger partial charge in [0, 0.05) is 28.5 Å². The fraction of sp³-hybridized carbons (Fsp3) is 0.250. The molecule has 148 valence electrons. The van der Waals surface area contributed by atoms with Crippen LogP contribution in [0.1, 0.15) is 28.7 Å². The second kappa shape index (κ2) is 7.35. The van der Waals surface area contributed by atoms with Crippen LogP contribution < -0.4 is 5.32 Å². The van der Waals surface area contributed by atoms with Crippen molar-refractivity contribution in [2.75, 3.05) is 11.6 Å². The molecule has 3 aromatic rings. The van der Waals surface area contributed by atoms with Gasteiger partial charge in [0.25, 0.3) is 6.43 Å². The largest absolute Gasteiger partial charge is 0.464 e. The van der Waals surface area contributed by atoms with E-state index in [2.05, 4.69) is 5.32 Å². The maximum absolute atomic E-state index is 13.2. The van der Waals surface area contributed by atoms with Gasteiger partial charge in [-0.1, -0.05) is 12.1 Å². The molecule has 0 radical (unpaired) electrons. The van der Waals surface area contributed by atoms with Crippen LogP contribution in [0.25, 0.3) is 11.0 Å². The van der Waals surface area contributed by atoms with E-state index in [1.165, 1.54) is 12.3 Å². The van der Waals surface area contributed by atoms with E-state index in [0.717, 1.165) is 34.9 Å². The number of halogens is 2. The number of nitrogens with one attached hydrogen (secondary N) is 1. The number of anilines is 1. The summed E-state index contributed by atoms with van der Waals surface area (Å²) in [6.07, 6.45) is -0.618. The van der Waals surface area contributed by atoms with Crippen LogP contribution in [0.3, 0.4) is 0 Å². The topological polar surface area (TPSA) is 76.4 Å². The van der Waals surface area contributed by atoms with Gasteiger partial charge in [0.15, 0.2) is 9.84 Å². The van der Waals surface area contributed by atoms with Gasteiger partial charge in [0.2, 0.25) is 5.91 Å². The molecule has 5 nitrogen and oxygen atoms in total. The molecule has 0 bridgehead atoms. The third-order valence-corrected chi connectivity index (χ3v) is 5.79. The number of amides is 1. The van der Waals surface area contributed by atoms with Crippen molar-refractivity contribution in [1.82, 2.24) is 0 Å². The molecule has 8 heteroatoms. The molecular weight excluding hydrogens is 388 g/mol. The first kappa shape index (κ1) is 20.0. The number of benzene rings is 2. The van der Waals surface area contributed by atoms with Crippen LogP contribution >= 0.6 is 0 Å². The van der Waals surface area contributed by atoms with E-state index in [9.17, 15) is 22.0 Å². The van der Waals surface area contributed by atoms with Crippen LogP contribution in [0.5, 0.6) is 0 Å². The average Bonchev–Trinajstić information content (AvgIpc) is 3.00. The van der Waals surface area contributed by atoms with E-state index >= 15 is 0 Å². The number of carbonyl (C=O) groups is 1. The predicted octanol–water partition coefficient (Wildman–Crippen LogP) is 4.57. The van der Waals surface area contributed by atoms with Crippen LogP contribution in [0.15, 0.2) is 45.9 Å². The molecule has 3 rings (SSSR count). The zero-order valence-corrected chi connectivity index (χ0v) is 16.4. The van der Waals surface area contributed by atoms with Crippen LogP contribution in [0.2, 0.25) is 0 Å². The van der Waals surface area contributed by atoms with Gasteiger partial charge in [0.05, 0.1) is 17.6 Å². The zero-order chi connectivity index (χ0) is 20.6. The minimum atomic E-state index is -3.80. The maximum Gasteiger partial charge on any atom is 0.265 e. The Balaban J connectivity index is 1.84. The molecule has 0 aliphatic rings. The lowest BCUT2D eigenvalue weighted by atomic mass is 10.0. The van der Waals surface area contributed by atoms with Crippen molar-refractivity contribution in [1.29, 1.82) is 0 Å². The molecule has 0 unspecified atom stereocenters. The molecule has 2 aromatic carbocycles. The Labute approximate surface area is 161 Å². The Kier molecular flexibility index (Phi) is 5.25. The van der Waals surface area contributed by atoms with Gasteiger partial charge < -0.3 is 9.73 Å². The van der Waals surface area contributed by atoms with Gasteiger partial charge in [-0.3, -0.25) is 4.79 Å². The van der Waals surface area contributed by atoms with Gasteiger partial charge >= 0.3 is 0 Å². The van der Waals surface area contributed by atoms with Crippen molar-refractivity contribution in [3.63, 3.8) is 0 Å². The molecule has 0 spiro atoms. The lowest BCUT2D eigenvalue weighted by Gasteiger charge is -2.11. The van der Waals surface area contributed by atoms with E-state index in [4.69, 9.17) is 4.42 Å². The standard InChI is InChI=1S/C20H19F2NO4S/c1-11-4-6-15-13(10-27-19(15)12(11)2)8-18(24)23-14-5-7-17(28(3,25)26)16(9-14)20(21)22/h4-7,9-10,20H,8H2,1-3H3,(H,23,24). The summed E-state index contributed by atoms with van der Waals surface area (Å²) < 4.78 is 55.3. The number of fused-ring (bicyclic) bond motifs is 1. The van der Waals surface area contributed by atoms with Gasteiger partial charge in [-0.25, -0.2) is 17.2 Å². The lowest BCUT2D eigenvalue weighted by Crippen LogP contribution is -2.15. The highest BCUT2D eigenvalue weighted by atomic mass is 32.2. The van der Waals surface area contributed by atoms with Gasteiger partial charge in [-0.05, 0) is 43.2 Å². The number of rotatable bonds is 5. The molecule has 0 saturated heterocycles. The van der Waals surface area contributed by atoms with Gasteiger partial charge in [-0.15, -0.1) is 0 Å². The number of furan rings is 1. The Hall–Kier alpha value is -2.74. The summed E-state index contributed by atoms with van der Waals surface area (Å²) >= 11 is 0. The second-order valence-electron chi connectivity index (χ2n) is 6.70. The highest BCUT2D eigenvalue weighted by Crippen LogP contribution is 2.30. The predicted molar refractivity (Wildman–Crippen MR) is 103 cm³/mol. The number of sulfone groups is 1. The summed E-state index contributed by atoms with van der Waals surface area (Å²) in [6.45, 7) is 3.89. The van der Waals surface area contributed by atoms with Crippen molar-refractivity contribution in [3.8, 4) is 0 Å². The highest BCUT2D eigenvalue weighted by Gasteiger charge is 2.21. The van der Waals surface area contributed by atoms with Crippen molar-refractivity contribution >= 4 is 32.4 Å². The summed E-state index contributed by atoms with van der Waals surface area (Å²) in [5.74, 6) is -0.423. The van der Waals surface area contributed by atoms with E-state index in [0.29, 0.717) is 11.1 Å². The van der Waals surface area contributed by atoms with E-state index in [-0.39, 0.29) is 12.1 Å². The minimum Gasteiger partial charge on any atom is -0.464 e. The van der Waals surface area contributed by atoms with Crippen LogP contribution in [0, 0.1) is 13.8 Å². The number of carbonyl (C=O) groups excluding carboxylic acids is 1. The molecule has 0 saturated carbocycles. The quantitative estimate of drug-likeness (QED) is 0.672. The minimum absolute atomic E-state index is 0.00661. The molecule has 0 fully saturated rings. The van der Waals surface area contributed by atoms with Crippen molar-refractivity contribution in [3.05, 3.63) is 58.8 Å². The number of hydrogen-bond acceptors (Lipinski definition) is 4. The van der Waals surface area contributed by atoms with Crippen molar-refractivity contribution < 1.29 is 26.4 Å². The average molecular weight is 407 g/mol. The molecule has 0 aliphatic heterocycles. The fourth-order valence-corrected chi connectivity index (χ4v) is 3.93. The van der Waals surface area contributed by atoms with E-state index in [1.807, 2.05) is 26.0 Å². The summed E-state index contributed by atoms with van der Waals surface area (Å²) in [4.78, 5) is 11.9. The SMILES string of the molecule is Cc1ccc2c(CC(=O)Nc3ccc(S(C)(=O)=O)c(C(F)F)c3)coc2c1C. The van der Waals surface area contributed by atoms with Gasteiger partial charge in [-0.2, -0.15) is 0 Å². The van der Waals surface area contributed by atoms with Crippen LogP contribution in [-0.2, 0) is 21.1 Å². The summed E-state index contributed by atoms with van der Waals surface area (Å²) in [7, 11) is -3.80. The smallest absolute Gasteiger partial charge is 0.265 e. The molecule has 28 heavy (non-hydrogen) atoms. The Morgan fingerprint density at radius 3 is 2.54 bits per heavy atom. The monoisotopic (exact) mass is 407 g/mol. The van der Waals surface area contributed by atoms with Gasteiger partial charge in [0.1, 0.15) is 5.58 Å². The maximum atomic E-state index is 13.2. The Morgan fingerprint density at radius 1 is 1.18 bits per heavy atom. The van der Waals surface area contributed by atoms with Crippen molar-refractivity contribution in [2.45, 2.75) is 31.6 Å². The molecule has 0 aliphatic carbocycles. The summed E-state index contributed by atoms with van der Waals surface area (Å²) in [5, 5.41) is 3.35. The highest BCUT2D eigenvalue weighted by molar-refractivity contribution is 7.90. The lowest BCUT2D eigenvalue weighted by molar-refractivity contribution is -0.115. The Morgan fingerprint density at radius 2 is 1.89 bits per heavy atom. The summed E-state index contributed by atoms with van der Waals surface area (Å²) in [5.41, 5.74) is 2.91. The van der Waals surface area contributed by atoms with E-state index in [1.54, 1.807) is 0 Å². The first-order valence-electron chi connectivity index (χ1n) is 8.46. The first-order valence-corrected chi connectivity index (χ1v) is 10.4. The number of aryl methyl sites for hydroxylation is 2. The molecule has 1 N–H and O–H groups in total. The first-order chi connectivity index (χ1) is 13.1. The molecule has 1 aromatic heterocycles. The van der Waals surface area contributed by atoms with Crippen molar-refractivity contribution in [2.24, 2.45) is 0 Å². The van der Waals surface area contributed by atoms with E-state index < -0.39 is 32.6 Å². The molecule has 0 atom stereocenters. The Bertz CT molecular complexity index is 1170. The molecule has 1 heterocycles. The number of hydrogen-bond donors (Lipinski definition) is 1. The normalized spacial score (nSPS) is 11.9. The third kappa shape index (κ3) is 3.91. The number of alkyl halides is 2. The molecule has 1 amide bonds. The summed E-state index contributed by atoms with van der Waals surface area (Å²) in [6, 6.07) is 7.17. The molecular formula is C20H19F2NO4S. The second-order valence-corrected chi connectivity index (χ2v) is 8.68. The van der Waals surface area contributed by atoms with Crippen LogP contribution in [0.4, 0.5) is 14.5 Å². The fourth-order valence-electron chi connectivity index (χ4n) is 3.04. The third-order valence-electron chi connectivity index (χ3n) is 4.62.